The van der Waals surface area contributed by atoms with E-state index in [9.17, 15) is 0 Å². The highest BCUT2D eigenvalue weighted by Crippen LogP contribution is 2.33. The molecule has 0 unspecified atom stereocenters. The lowest BCUT2D eigenvalue weighted by Gasteiger charge is -2.24. The highest BCUT2D eigenvalue weighted by Gasteiger charge is 2.21. The van der Waals surface area contributed by atoms with Crippen LogP contribution in [-0.2, 0) is 13.0 Å². The van der Waals surface area contributed by atoms with Gasteiger partial charge in [0, 0.05) is 17.3 Å². The van der Waals surface area contributed by atoms with Crippen LogP contribution in [0.1, 0.15) is 22.7 Å². The third kappa shape index (κ3) is 2.08. The summed E-state index contributed by atoms with van der Waals surface area (Å²) in [5.41, 5.74) is 1.27. The number of rotatable bonds is 2. The van der Waals surface area contributed by atoms with Gasteiger partial charge in [0.25, 0.3) is 0 Å². The highest BCUT2D eigenvalue weighted by molar-refractivity contribution is 7.18. The first-order chi connectivity index (χ1) is 10.2. The number of nitrogens with zero attached hydrogens (tertiary/aromatic N) is 5. The number of hydrogen-bond donors (Lipinski definition) is 1. The SMILES string of the molecule is Cc1sc2ncnc(N[C@@H]3CCc4ncnn4C3)c2c1C. The Morgan fingerprint density at radius 1 is 1.24 bits per heavy atom. The van der Waals surface area contributed by atoms with Crippen LogP contribution in [0.3, 0.4) is 0 Å². The van der Waals surface area contributed by atoms with E-state index in [2.05, 4.69) is 39.2 Å². The van der Waals surface area contributed by atoms with Gasteiger partial charge in [-0.15, -0.1) is 11.3 Å². The molecule has 1 atom stereocenters. The minimum atomic E-state index is 0.330. The summed E-state index contributed by atoms with van der Waals surface area (Å²) in [6.07, 6.45) is 5.27. The summed E-state index contributed by atoms with van der Waals surface area (Å²) >= 11 is 1.73. The van der Waals surface area contributed by atoms with Crippen LogP contribution in [0, 0.1) is 13.8 Å². The van der Waals surface area contributed by atoms with Crippen molar-refractivity contribution in [2.75, 3.05) is 5.32 Å². The van der Waals surface area contributed by atoms with Crippen LogP contribution >= 0.6 is 11.3 Å². The molecule has 0 spiro atoms. The Hall–Kier alpha value is -2.02. The molecule has 0 aromatic carbocycles. The van der Waals surface area contributed by atoms with Crippen molar-refractivity contribution in [1.29, 1.82) is 0 Å². The second-order valence-electron chi connectivity index (χ2n) is 5.42. The van der Waals surface area contributed by atoms with Crippen LogP contribution in [0.4, 0.5) is 5.82 Å². The largest absolute Gasteiger partial charge is 0.365 e. The number of fused-ring (bicyclic) bond motifs is 2. The second kappa shape index (κ2) is 4.77. The zero-order chi connectivity index (χ0) is 14.4. The Balaban J connectivity index is 1.66. The molecule has 4 heterocycles. The fraction of sp³-hybridized carbons (Fsp3) is 0.429. The fourth-order valence-electron chi connectivity index (χ4n) is 2.84. The van der Waals surface area contributed by atoms with Crippen LogP contribution in [-0.4, -0.2) is 30.8 Å². The summed E-state index contributed by atoms with van der Waals surface area (Å²) in [6.45, 7) is 5.11. The summed E-state index contributed by atoms with van der Waals surface area (Å²) in [5.74, 6) is 2.01. The van der Waals surface area contributed by atoms with E-state index in [0.29, 0.717) is 6.04 Å². The van der Waals surface area contributed by atoms with Gasteiger partial charge in [0.15, 0.2) is 0 Å². The molecule has 3 aromatic heterocycles. The standard InChI is InChI=1S/C14H16N6S/c1-8-9(2)21-14-12(8)13(16-6-17-14)19-10-3-4-11-15-7-18-20(11)5-10/h6-7,10H,3-5H2,1-2H3,(H,16,17,19)/t10-/m1/s1. The maximum absolute atomic E-state index is 4.46. The van der Waals surface area contributed by atoms with Gasteiger partial charge in [-0.3, -0.25) is 0 Å². The first kappa shape index (κ1) is 12.7. The van der Waals surface area contributed by atoms with Gasteiger partial charge in [-0.2, -0.15) is 5.10 Å². The molecule has 7 heteroatoms. The van der Waals surface area contributed by atoms with Crippen molar-refractivity contribution in [3.05, 3.63) is 28.9 Å². The minimum absolute atomic E-state index is 0.330. The first-order valence-electron chi connectivity index (χ1n) is 7.06. The summed E-state index contributed by atoms with van der Waals surface area (Å²) in [5, 5.41) is 9.00. The third-order valence-corrected chi connectivity index (χ3v) is 5.23. The lowest BCUT2D eigenvalue weighted by molar-refractivity contribution is 0.441. The number of nitrogens with one attached hydrogen (secondary N) is 1. The minimum Gasteiger partial charge on any atom is -0.365 e. The lowest BCUT2D eigenvalue weighted by Crippen LogP contribution is -2.32. The van der Waals surface area contributed by atoms with E-state index in [1.807, 2.05) is 4.68 Å². The van der Waals surface area contributed by atoms with Gasteiger partial charge >= 0.3 is 0 Å². The summed E-state index contributed by atoms with van der Waals surface area (Å²) in [6, 6.07) is 0.330. The zero-order valence-electron chi connectivity index (χ0n) is 12.0. The molecule has 0 saturated heterocycles. The Kier molecular flexibility index (Phi) is 2.88. The number of anilines is 1. The number of aromatic nitrogens is 5. The van der Waals surface area contributed by atoms with Gasteiger partial charge in [-0.1, -0.05) is 0 Å². The molecule has 21 heavy (non-hydrogen) atoms. The van der Waals surface area contributed by atoms with E-state index in [0.717, 1.165) is 41.2 Å². The van der Waals surface area contributed by atoms with Crippen molar-refractivity contribution < 1.29 is 0 Å². The van der Waals surface area contributed by atoms with Crippen LogP contribution in [0.5, 0.6) is 0 Å². The molecular formula is C14H16N6S. The molecule has 0 fully saturated rings. The molecule has 4 rings (SSSR count). The van der Waals surface area contributed by atoms with E-state index < -0.39 is 0 Å². The highest BCUT2D eigenvalue weighted by atomic mass is 32.1. The quantitative estimate of drug-likeness (QED) is 0.786. The molecule has 0 radical (unpaired) electrons. The normalized spacial score (nSPS) is 17.9. The van der Waals surface area contributed by atoms with Gasteiger partial charge in [-0.05, 0) is 25.8 Å². The Morgan fingerprint density at radius 3 is 3.05 bits per heavy atom. The summed E-state index contributed by atoms with van der Waals surface area (Å²) < 4.78 is 1.98. The van der Waals surface area contributed by atoms with Crippen molar-refractivity contribution in [2.24, 2.45) is 0 Å². The molecule has 0 saturated carbocycles. The molecule has 108 valence electrons. The predicted octanol–water partition coefficient (Wildman–Crippen LogP) is 2.33. The molecule has 0 aliphatic carbocycles. The van der Waals surface area contributed by atoms with Gasteiger partial charge in [0.2, 0.25) is 0 Å². The zero-order valence-corrected chi connectivity index (χ0v) is 12.8. The Bertz CT molecular complexity index is 805. The molecule has 1 aliphatic rings. The third-order valence-electron chi connectivity index (χ3n) is 4.11. The van der Waals surface area contributed by atoms with Crippen molar-refractivity contribution in [1.82, 2.24) is 24.7 Å². The van der Waals surface area contributed by atoms with E-state index in [-0.39, 0.29) is 0 Å². The lowest BCUT2D eigenvalue weighted by atomic mass is 10.1. The molecule has 6 nitrogen and oxygen atoms in total. The topological polar surface area (TPSA) is 68.5 Å². The van der Waals surface area contributed by atoms with Crippen LogP contribution in [0.25, 0.3) is 10.2 Å². The van der Waals surface area contributed by atoms with Gasteiger partial charge in [0.05, 0.1) is 11.9 Å². The summed E-state index contributed by atoms with van der Waals surface area (Å²) in [7, 11) is 0. The monoisotopic (exact) mass is 300 g/mol. The maximum Gasteiger partial charge on any atom is 0.138 e. The molecule has 1 N–H and O–H groups in total. The van der Waals surface area contributed by atoms with E-state index in [1.165, 1.54) is 10.4 Å². The smallest absolute Gasteiger partial charge is 0.138 e. The van der Waals surface area contributed by atoms with Crippen LogP contribution in [0.2, 0.25) is 0 Å². The fourth-order valence-corrected chi connectivity index (χ4v) is 3.84. The van der Waals surface area contributed by atoms with Crippen molar-refractivity contribution in [2.45, 2.75) is 39.3 Å². The second-order valence-corrected chi connectivity index (χ2v) is 6.63. The van der Waals surface area contributed by atoms with E-state index >= 15 is 0 Å². The van der Waals surface area contributed by atoms with Crippen LogP contribution in [0.15, 0.2) is 12.7 Å². The first-order valence-corrected chi connectivity index (χ1v) is 7.88. The average Bonchev–Trinajstić information content (AvgIpc) is 3.04. The number of hydrogen-bond acceptors (Lipinski definition) is 6. The van der Waals surface area contributed by atoms with Gasteiger partial charge < -0.3 is 5.32 Å². The van der Waals surface area contributed by atoms with E-state index in [1.54, 1.807) is 24.0 Å². The number of aryl methyl sites for hydroxylation is 3. The number of thiophene rings is 1. The van der Waals surface area contributed by atoms with Gasteiger partial charge in [0.1, 0.15) is 29.1 Å². The molecule has 0 amide bonds. The predicted molar refractivity (Wildman–Crippen MR) is 82.6 cm³/mol. The Labute approximate surface area is 126 Å². The van der Waals surface area contributed by atoms with Crippen molar-refractivity contribution >= 4 is 27.4 Å². The van der Waals surface area contributed by atoms with Gasteiger partial charge in [-0.25, -0.2) is 19.6 Å². The van der Waals surface area contributed by atoms with E-state index in [4.69, 9.17) is 0 Å². The molecule has 0 bridgehead atoms. The maximum atomic E-state index is 4.46. The van der Waals surface area contributed by atoms with Crippen molar-refractivity contribution in [3.8, 4) is 0 Å². The molecular weight excluding hydrogens is 284 g/mol. The molecule has 3 aromatic rings. The van der Waals surface area contributed by atoms with Crippen molar-refractivity contribution in [3.63, 3.8) is 0 Å². The average molecular weight is 300 g/mol. The Morgan fingerprint density at radius 2 is 2.14 bits per heavy atom. The molecule has 1 aliphatic heterocycles. The van der Waals surface area contributed by atoms with Crippen LogP contribution < -0.4 is 5.32 Å². The summed E-state index contributed by atoms with van der Waals surface area (Å²) in [4.78, 5) is 15.5.